The molecule has 0 bridgehead atoms. The van der Waals surface area contributed by atoms with E-state index in [-0.39, 0.29) is 5.25 Å². The fraction of sp³-hybridized carbons (Fsp3) is 0.714. The van der Waals surface area contributed by atoms with Crippen LogP contribution in [-0.4, -0.2) is 74.1 Å². The first-order valence-electron chi connectivity index (χ1n) is 7.64. The quantitative estimate of drug-likeness (QED) is 0.781. The highest BCUT2D eigenvalue weighted by Crippen LogP contribution is 2.22. The fourth-order valence-corrected chi connectivity index (χ4v) is 4.95. The van der Waals surface area contributed by atoms with Crippen molar-refractivity contribution in [3.05, 3.63) is 12.3 Å². The number of rotatable bonds is 4. The fourth-order valence-electron chi connectivity index (χ4n) is 3.08. The molecule has 1 aromatic heterocycles. The van der Waals surface area contributed by atoms with Gasteiger partial charge in [0.15, 0.2) is 9.84 Å². The maximum Gasteiger partial charge on any atom is 0.228 e. The Balaban J connectivity index is 1.56. The highest BCUT2D eigenvalue weighted by molar-refractivity contribution is 7.92. The maximum atomic E-state index is 11.9. The number of aromatic nitrogens is 2. The van der Waals surface area contributed by atoms with Crippen molar-refractivity contribution in [1.82, 2.24) is 14.9 Å². The average Bonchev–Trinajstić information content (AvgIpc) is 2.87. The Morgan fingerprint density at radius 2 is 2.09 bits per heavy atom. The van der Waals surface area contributed by atoms with E-state index in [1.807, 2.05) is 0 Å². The molecular formula is C14H22N4O3S. The molecule has 1 aromatic rings. The van der Waals surface area contributed by atoms with Gasteiger partial charge in [-0.2, -0.15) is 4.98 Å². The Bertz CT molecular complexity index is 614. The number of nitrogens with zero attached hydrogens (tertiary/aromatic N) is 4. The monoisotopic (exact) mass is 326 g/mol. The van der Waals surface area contributed by atoms with E-state index in [0.29, 0.717) is 24.1 Å². The molecule has 3 rings (SSSR count). The number of sulfone groups is 1. The standard InChI is InChI=1S/C14H22N4O3S/c1-21-13-4-5-15-14(16-13)18-8-6-17(7-9-18)11-12-3-2-10-22(12,19)20/h4-5,12H,2-3,6-11H2,1H3/t12-/m1/s1. The summed E-state index contributed by atoms with van der Waals surface area (Å²) < 4.78 is 29.0. The lowest BCUT2D eigenvalue weighted by atomic mass is 10.2. The second-order valence-electron chi connectivity index (χ2n) is 5.82. The summed E-state index contributed by atoms with van der Waals surface area (Å²) in [6, 6.07) is 1.73. The Morgan fingerprint density at radius 1 is 1.32 bits per heavy atom. The van der Waals surface area contributed by atoms with Crippen LogP contribution in [0.1, 0.15) is 12.8 Å². The number of methoxy groups -OCH3 is 1. The van der Waals surface area contributed by atoms with Gasteiger partial charge in [-0.1, -0.05) is 0 Å². The molecule has 7 nitrogen and oxygen atoms in total. The van der Waals surface area contributed by atoms with Crippen LogP contribution >= 0.6 is 0 Å². The van der Waals surface area contributed by atoms with Gasteiger partial charge in [0.05, 0.1) is 18.1 Å². The summed E-state index contributed by atoms with van der Waals surface area (Å²) in [5.74, 6) is 1.59. The van der Waals surface area contributed by atoms with Crippen molar-refractivity contribution < 1.29 is 13.2 Å². The zero-order valence-electron chi connectivity index (χ0n) is 12.8. The molecule has 0 aromatic carbocycles. The van der Waals surface area contributed by atoms with E-state index >= 15 is 0 Å². The minimum Gasteiger partial charge on any atom is -0.481 e. The van der Waals surface area contributed by atoms with E-state index in [4.69, 9.17) is 4.74 Å². The molecule has 3 heterocycles. The van der Waals surface area contributed by atoms with Gasteiger partial charge in [0.25, 0.3) is 0 Å². The van der Waals surface area contributed by atoms with E-state index in [2.05, 4.69) is 19.8 Å². The van der Waals surface area contributed by atoms with Gasteiger partial charge in [0.2, 0.25) is 11.8 Å². The molecule has 122 valence electrons. The summed E-state index contributed by atoms with van der Waals surface area (Å²) >= 11 is 0. The van der Waals surface area contributed by atoms with Gasteiger partial charge in [-0.3, -0.25) is 4.90 Å². The first-order valence-corrected chi connectivity index (χ1v) is 9.36. The number of piperazine rings is 1. The Morgan fingerprint density at radius 3 is 2.73 bits per heavy atom. The summed E-state index contributed by atoms with van der Waals surface area (Å²) in [6.07, 6.45) is 3.31. The van der Waals surface area contributed by atoms with Gasteiger partial charge in [-0.15, -0.1) is 0 Å². The molecule has 2 aliphatic rings. The van der Waals surface area contributed by atoms with E-state index in [9.17, 15) is 8.42 Å². The molecule has 0 saturated carbocycles. The third kappa shape index (κ3) is 3.33. The van der Waals surface area contributed by atoms with E-state index < -0.39 is 9.84 Å². The van der Waals surface area contributed by atoms with Gasteiger partial charge >= 0.3 is 0 Å². The van der Waals surface area contributed by atoms with Crippen molar-refractivity contribution in [3.63, 3.8) is 0 Å². The van der Waals surface area contributed by atoms with Crippen molar-refractivity contribution in [3.8, 4) is 5.88 Å². The third-order valence-corrected chi connectivity index (χ3v) is 6.66. The summed E-state index contributed by atoms with van der Waals surface area (Å²) in [4.78, 5) is 13.0. The SMILES string of the molecule is COc1ccnc(N2CCN(C[C@H]3CCCS3(=O)=O)CC2)n1. The molecule has 0 unspecified atom stereocenters. The predicted octanol–water partition coefficient (Wildman–Crippen LogP) is 0.184. The molecule has 2 saturated heterocycles. The number of hydrogen-bond donors (Lipinski definition) is 0. The van der Waals surface area contributed by atoms with E-state index in [1.165, 1.54) is 0 Å². The minimum absolute atomic E-state index is 0.174. The van der Waals surface area contributed by atoms with Crippen molar-refractivity contribution >= 4 is 15.8 Å². The number of hydrogen-bond acceptors (Lipinski definition) is 7. The minimum atomic E-state index is -2.86. The Kier molecular flexibility index (Phi) is 4.49. The molecule has 0 aliphatic carbocycles. The second-order valence-corrected chi connectivity index (χ2v) is 8.22. The third-order valence-electron chi connectivity index (χ3n) is 4.41. The molecule has 0 amide bonds. The second kappa shape index (κ2) is 6.37. The Labute approximate surface area is 131 Å². The van der Waals surface area contributed by atoms with Gasteiger partial charge in [-0.25, -0.2) is 13.4 Å². The zero-order valence-corrected chi connectivity index (χ0v) is 13.6. The lowest BCUT2D eigenvalue weighted by molar-refractivity contribution is 0.254. The molecule has 0 spiro atoms. The molecule has 8 heteroatoms. The predicted molar refractivity (Wildman–Crippen MR) is 84.0 cm³/mol. The van der Waals surface area contributed by atoms with Crippen molar-refractivity contribution in [1.29, 1.82) is 0 Å². The van der Waals surface area contributed by atoms with Crippen LogP contribution in [-0.2, 0) is 9.84 Å². The number of ether oxygens (including phenoxy) is 1. The maximum absolute atomic E-state index is 11.9. The molecule has 1 atom stereocenters. The lowest BCUT2D eigenvalue weighted by Crippen LogP contribution is -2.49. The lowest BCUT2D eigenvalue weighted by Gasteiger charge is -2.35. The smallest absolute Gasteiger partial charge is 0.228 e. The van der Waals surface area contributed by atoms with Gasteiger partial charge in [-0.05, 0) is 12.8 Å². The summed E-state index contributed by atoms with van der Waals surface area (Å²) in [7, 11) is -1.27. The largest absolute Gasteiger partial charge is 0.481 e. The molecular weight excluding hydrogens is 304 g/mol. The first-order chi connectivity index (χ1) is 10.6. The van der Waals surface area contributed by atoms with Crippen LogP contribution in [0.15, 0.2) is 12.3 Å². The highest BCUT2D eigenvalue weighted by Gasteiger charge is 2.33. The molecule has 2 fully saturated rings. The van der Waals surface area contributed by atoms with Crippen LogP contribution in [0.3, 0.4) is 0 Å². The summed E-state index contributed by atoms with van der Waals surface area (Å²) in [5.41, 5.74) is 0. The molecule has 0 radical (unpaired) electrons. The highest BCUT2D eigenvalue weighted by atomic mass is 32.2. The van der Waals surface area contributed by atoms with Crippen molar-refractivity contribution in [2.24, 2.45) is 0 Å². The average molecular weight is 326 g/mol. The van der Waals surface area contributed by atoms with E-state index in [1.54, 1.807) is 19.4 Å². The van der Waals surface area contributed by atoms with Crippen LogP contribution in [0, 0.1) is 0 Å². The van der Waals surface area contributed by atoms with Crippen LogP contribution in [0.25, 0.3) is 0 Å². The normalized spacial score (nSPS) is 25.3. The van der Waals surface area contributed by atoms with Gasteiger partial charge in [0.1, 0.15) is 0 Å². The topological polar surface area (TPSA) is 75.6 Å². The van der Waals surface area contributed by atoms with Gasteiger partial charge < -0.3 is 9.64 Å². The number of anilines is 1. The first kappa shape index (κ1) is 15.5. The van der Waals surface area contributed by atoms with Crippen LogP contribution in [0.5, 0.6) is 5.88 Å². The van der Waals surface area contributed by atoms with Crippen LogP contribution < -0.4 is 9.64 Å². The summed E-state index contributed by atoms with van der Waals surface area (Å²) in [6.45, 7) is 3.95. The zero-order chi connectivity index (χ0) is 15.6. The van der Waals surface area contributed by atoms with Crippen molar-refractivity contribution in [2.45, 2.75) is 18.1 Å². The van der Waals surface area contributed by atoms with E-state index in [0.717, 1.165) is 39.0 Å². The molecule has 0 N–H and O–H groups in total. The molecule has 22 heavy (non-hydrogen) atoms. The van der Waals surface area contributed by atoms with Crippen molar-refractivity contribution in [2.75, 3.05) is 50.5 Å². The summed E-state index contributed by atoms with van der Waals surface area (Å²) in [5, 5.41) is -0.174. The van der Waals surface area contributed by atoms with Gasteiger partial charge in [0, 0.05) is 45.0 Å². The molecule has 2 aliphatic heterocycles. The van der Waals surface area contributed by atoms with Crippen LogP contribution in [0.4, 0.5) is 5.95 Å². The Hall–Kier alpha value is -1.41. The van der Waals surface area contributed by atoms with Crippen LogP contribution in [0.2, 0.25) is 0 Å².